The molecule has 0 radical (unpaired) electrons. The first kappa shape index (κ1) is 17.2. The Bertz CT molecular complexity index is 775. The molecule has 1 aromatic carbocycles. The van der Waals surface area contributed by atoms with Crippen LogP contribution < -0.4 is 10.3 Å². The largest absolute Gasteiger partial charge is 0.493 e. The second-order valence-electron chi connectivity index (χ2n) is 5.85. The van der Waals surface area contributed by atoms with Crippen LogP contribution in [0.2, 0.25) is 0 Å². The van der Waals surface area contributed by atoms with Crippen LogP contribution in [-0.2, 0) is 9.53 Å². The maximum absolute atomic E-state index is 12.6. The average molecular weight is 343 g/mol. The van der Waals surface area contributed by atoms with Crippen LogP contribution in [0.3, 0.4) is 0 Å². The lowest BCUT2D eigenvalue weighted by molar-refractivity contribution is -0.140. The first-order chi connectivity index (χ1) is 12.1. The van der Waals surface area contributed by atoms with Gasteiger partial charge in [-0.2, -0.15) is 0 Å². The first-order valence-corrected chi connectivity index (χ1v) is 8.26. The number of benzene rings is 1. The number of para-hydroxylation sites is 1. The maximum Gasteiger partial charge on any atom is 0.251 e. The Morgan fingerprint density at radius 1 is 1.40 bits per heavy atom. The molecule has 1 aliphatic heterocycles. The van der Waals surface area contributed by atoms with E-state index in [0.29, 0.717) is 37.9 Å². The van der Waals surface area contributed by atoms with E-state index in [2.05, 4.69) is 9.97 Å². The van der Waals surface area contributed by atoms with E-state index < -0.39 is 0 Å². The molecule has 7 nitrogen and oxygen atoms in total. The number of aromatic amines is 1. The summed E-state index contributed by atoms with van der Waals surface area (Å²) in [6.45, 7) is 3.30. The molecule has 25 heavy (non-hydrogen) atoms. The van der Waals surface area contributed by atoms with Gasteiger partial charge in [-0.05, 0) is 19.1 Å². The number of carbonyl (C=O) groups excluding carboxylic acids is 1. The molecule has 1 unspecified atom stereocenters. The molecule has 1 atom stereocenters. The summed E-state index contributed by atoms with van der Waals surface area (Å²) in [6.07, 6.45) is 0.258. The van der Waals surface area contributed by atoms with Gasteiger partial charge >= 0.3 is 0 Å². The highest BCUT2D eigenvalue weighted by Gasteiger charge is 2.29. The maximum atomic E-state index is 12.6. The summed E-state index contributed by atoms with van der Waals surface area (Å²) in [5, 5.41) is 0. The third-order valence-electron chi connectivity index (χ3n) is 4.00. The zero-order chi connectivity index (χ0) is 17.6. The van der Waals surface area contributed by atoms with E-state index in [1.54, 1.807) is 11.8 Å². The Morgan fingerprint density at radius 2 is 2.20 bits per heavy atom. The molecule has 0 spiro atoms. The second-order valence-corrected chi connectivity index (χ2v) is 5.85. The predicted octanol–water partition coefficient (Wildman–Crippen LogP) is 1.45. The van der Waals surface area contributed by atoms with Gasteiger partial charge in [0.15, 0.2) is 0 Å². The van der Waals surface area contributed by atoms with Crippen LogP contribution in [0.5, 0.6) is 5.75 Å². The minimum atomic E-state index is -0.348. The van der Waals surface area contributed by atoms with Gasteiger partial charge in [0.2, 0.25) is 5.91 Å². The van der Waals surface area contributed by atoms with Crippen LogP contribution in [-0.4, -0.2) is 47.1 Å². The molecule has 1 fully saturated rings. The van der Waals surface area contributed by atoms with Crippen molar-refractivity contribution in [3.63, 3.8) is 0 Å². The zero-order valence-corrected chi connectivity index (χ0v) is 14.1. The molecular weight excluding hydrogens is 322 g/mol. The van der Waals surface area contributed by atoms with Crippen molar-refractivity contribution in [2.24, 2.45) is 0 Å². The number of H-pyrrole nitrogens is 1. The normalized spacial score (nSPS) is 17.3. The van der Waals surface area contributed by atoms with Crippen molar-refractivity contribution in [3.05, 3.63) is 58.3 Å². The van der Waals surface area contributed by atoms with Crippen LogP contribution >= 0.6 is 0 Å². The molecule has 7 heteroatoms. The van der Waals surface area contributed by atoms with Gasteiger partial charge in [0.1, 0.15) is 11.6 Å². The number of amides is 1. The van der Waals surface area contributed by atoms with E-state index in [4.69, 9.17) is 9.47 Å². The number of carbonyl (C=O) groups is 1. The molecular formula is C18H21N3O4. The highest BCUT2D eigenvalue weighted by atomic mass is 16.5. The lowest BCUT2D eigenvalue weighted by atomic mass is 10.1. The van der Waals surface area contributed by atoms with E-state index in [1.165, 1.54) is 6.07 Å². The summed E-state index contributed by atoms with van der Waals surface area (Å²) < 4.78 is 11.1. The molecule has 3 rings (SSSR count). The van der Waals surface area contributed by atoms with Crippen LogP contribution in [0.25, 0.3) is 0 Å². The molecule has 2 heterocycles. The van der Waals surface area contributed by atoms with Crippen molar-refractivity contribution < 1.29 is 14.3 Å². The zero-order valence-electron chi connectivity index (χ0n) is 14.1. The number of rotatable bonds is 5. The van der Waals surface area contributed by atoms with Gasteiger partial charge in [0, 0.05) is 12.6 Å². The van der Waals surface area contributed by atoms with Crippen molar-refractivity contribution in [2.45, 2.75) is 19.4 Å². The molecule has 2 aromatic rings. The number of morpholine rings is 1. The predicted molar refractivity (Wildman–Crippen MR) is 91.4 cm³/mol. The van der Waals surface area contributed by atoms with Gasteiger partial charge in [-0.3, -0.25) is 9.59 Å². The molecule has 1 N–H and O–H groups in total. The smallest absolute Gasteiger partial charge is 0.251 e. The van der Waals surface area contributed by atoms with Crippen LogP contribution in [0.4, 0.5) is 0 Å². The summed E-state index contributed by atoms with van der Waals surface area (Å²) in [7, 11) is 0. The monoisotopic (exact) mass is 343 g/mol. The lowest BCUT2D eigenvalue weighted by Crippen LogP contribution is -2.44. The Labute approximate surface area is 145 Å². The molecule has 1 aliphatic rings. The highest BCUT2D eigenvalue weighted by molar-refractivity contribution is 5.77. The third kappa shape index (κ3) is 4.45. The van der Waals surface area contributed by atoms with Gasteiger partial charge < -0.3 is 19.4 Å². The lowest BCUT2D eigenvalue weighted by Gasteiger charge is -2.35. The first-order valence-electron chi connectivity index (χ1n) is 8.26. The summed E-state index contributed by atoms with van der Waals surface area (Å²) >= 11 is 0. The number of nitrogens with zero attached hydrogens (tertiary/aromatic N) is 2. The molecule has 0 aliphatic carbocycles. The second kappa shape index (κ2) is 7.94. The van der Waals surface area contributed by atoms with Gasteiger partial charge in [-0.1, -0.05) is 18.2 Å². The van der Waals surface area contributed by atoms with E-state index >= 15 is 0 Å². The number of ether oxygens (including phenoxy) is 2. The van der Waals surface area contributed by atoms with Crippen molar-refractivity contribution in [1.29, 1.82) is 0 Å². The number of aryl methyl sites for hydroxylation is 1. The van der Waals surface area contributed by atoms with E-state index in [1.807, 2.05) is 30.3 Å². The molecule has 132 valence electrons. The number of aromatic nitrogens is 2. The van der Waals surface area contributed by atoms with Crippen molar-refractivity contribution >= 4 is 5.91 Å². The Kier molecular flexibility index (Phi) is 5.45. The Balaban J connectivity index is 1.65. The number of nitrogens with one attached hydrogen (secondary N) is 1. The van der Waals surface area contributed by atoms with E-state index in [0.717, 1.165) is 5.75 Å². The fraction of sp³-hybridized carbons (Fsp3) is 0.389. The fourth-order valence-electron chi connectivity index (χ4n) is 2.84. The molecule has 1 amide bonds. The standard InChI is InChI=1S/C18H21N3O4/c1-13-19-15(11-17(22)20-13)16-12-24-10-8-21(16)18(23)7-9-25-14-5-3-2-4-6-14/h2-6,11,16H,7-10,12H2,1H3,(H,19,20,22). The molecule has 0 saturated carbocycles. The van der Waals surface area contributed by atoms with Crippen LogP contribution in [0.15, 0.2) is 41.2 Å². The third-order valence-corrected chi connectivity index (χ3v) is 4.00. The molecule has 1 aromatic heterocycles. The minimum Gasteiger partial charge on any atom is -0.493 e. The summed E-state index contributed by atoms with van der Waals surface area (Å²) in [5.41, 5.74) is 0.325. The molecule has 1 saturated heterocycles. The van der Waals surface area contributed by atoms with Crippen molar-refractivity contribution in [1.82, 2.24) is 14.9 Å². The van der Waals surface area contributed by atoms with Crippen LogP contribution in [0, 0.1) is 6.92 Å². The number of hydrogen-bond acceptors (Lipinski definition) is 5. The summed E-state index contributed by atoms with van der Waals surface area (Å²) in [5.74, 6) is 1.22. The summed E-state index contributed by atoms with van der Waals surface area (Å²) in [6, 6.07) is 10.5. The minimum absolute atomic E-state index is 0.0380. The van der Waals surface area contributed by atoms with Gasteiger partial charge in [0.05, 0.1) is 38.0 Å². The van der Waals surface area contributed by atoms with Gasteiger partial charge in [-0.25, -0.2) is 4.98 Å². The topological polar surface area (TPSA) is 84.5 Å². The van der Waals surface area contributed by atoms with Gasteiger partial charge in [-0.15, -0.1) is 0 Å². The Hall–Kier alpha value is -2.67. The van der Waals surface area contributed by atoms with Gasteiger partial charge in [0.25, 0.3) is 5.56 Å². The Morgan fingerprint density at radius 3 is 2.96 bits per heavy atom. The fourth-order valence-corrected chi connectivity index (χ4v) is 2.84. The summed E-state index contributed by atoms with van der Waals surface area (Å²) in [4.78, 5) is 33.0. The van der Waals surface area contributed by atoms with Crippen molar-refractivity contribution in [3.8, 4) is 5.75 Å². The van der Waals surface area contributed by atoms with Crippen LogP contribution in [0.1, 0.15) is 24.0 Å². The van der Waals surface area contributed by atoms with E-state index in [9.17, 15) is 9.59 Å². The SMILES string of the molecule is Cc1nc(C2COCCN2C(=O)CCOc2ccccc2)cc(=O)[nH]1. The van der Waals surface area contributed by atoms with E-state index in [-0.39, 0.29) is 23.9 Å². The average Bonchev–Trinajstić information content (AvgIpc) is 2.62. The number of hydrogen-bond donors (Lipinski definition) is 1. The highest BCUT2D eigenvalue weighted by Crippen LogP contribution is 2.22. The molecule has 0 bridgehead atoms. The quantitative estimate of drug-likeness (QED) is 0.888. The van der Waals surface area contributed by atoms with Crippen molar-refractivity contribution in [2.75, 3.05) is 26.4 Å².